The second-order valence-corrected chi connectivity index (χ2v) is 7.86. The fourth-order valence-corrected chi connectivity index (χ4v) is 3.86. The molecule has 0 spiro atoms. The Morgan fingerprint density at radius 3 is 2.49 bits per heavy atom. The van der Waals surface area contributed by atoms with Crippen LogP contribution < -0.4 is 10.1 Å². The maximum atomic E-state index is 14.1. The summed E-state index contributed by atoms with van der Waals surface area (Å²) in [5.41, 5.74) is 1.55. The second kappa shape index (κ2) is 8.71. The molecule has 35 heavy (non-hydrogen) atoms. The zero-order chi connectivity index (χ0) is 24.7. The summed E-state index contributed by atoms with van der Waals surface area (Å²) < 4.78 is 49.3. The maximum absolute atomic E-state index is 14.1. The van der Waals surface area contributed by atoms with Crippen LogP contribution in [0.4, 0.5) is 18.9 Å². The van der Waals surface area contributed by atoms with Gasteiger partial charge in [-0.05, 0) is 38.1 Å². The molecule has 0 aliphatic carbocycles. The SMILES string of the molecule is Cc1cn2c(C(=O)Nc3ccnc4c(F)cccc34)c(C)nc2c(OCc2c(F)cccc2F)n1. The molecule has 0 bridgehead atoms. The van der Waals surface area contributed by atoms with E-state index >= 15 is 0 Å². The quantitative estimate of drug-likeness (QED) is 0.379. The van der Waals surface area contributed by atoms with E-state index in [2.05, 4.69) is 20.3 Å². The summed E-state index contributed by atoms with van der Waals surface area (Å²) in [7, 11) is 0. The van der Waals surface area contributed by atoms with Crippen molar-refractivity contribution in [3.05, 3.63) is 95.0 Å². The molecule has 0 aliphatic heterocycles. The zero-order valence-corrected chi connectivity index (χ0v) is 18.6. The van der Waals surface area contributed by atoms with Crippen LogP contribution in [-0.4, -0.2) is 25.3 Å². The van der Waals surface area contributed by atoms with Crippen molar-refractivity contribution in [3.63, 3.8) is 0 Å². The minimum absolute atomic E-state index is 0.0197. The summed E-state index contributed by atoms with van der Waals surface area (Å²) in [6.07, 6.45) is 3.01. The molecule has 0 atom stereocenters. The lowest BCUT2D eigenvalue weighted by atomic mass is 10.1. The Morgan fingerprint density at radius 1 is 1.00 bits per heavy atom. The number of carbonyl (C=O) groups is 1. The molecule has 0 saturated heterocycles. The topological polar surface area (TPSA) is 81.4 Å². The molecule has 5 aromatic rings. The molecule has 3 aromatic heterocycles. The zero-order valence-electron chi connectivity index (χ0n) is 18.6. The first kappa shape index (κ1) is 22.3. The molecule has 7 nitrogen and oxygen atoms in total. The van der Waals surface area contributed by atoms with E-state index in [0.717, 1.165) is 12.1 Å². The van der Waals surface area contributed by atoms with Crippen LogP contribution in [0.2, 0.25) is 0 Å². The molecule has 0 fully saturated rings. The number of nitrogens with one attached hydrogen (secondary N) is 1. The third-order valence-electron chi connectivity index (χ3n) is 5.47. The number of carbonyl (C=O) groups excluding carboxylic acids is 1. The summed E-state index contributed by atoms with van der Waals surface area (Å²) in [5.74, 6) is -2.46. The molecule has 5 rings (SSSR count). The number of aromatic nitrogens is 4. The van der Waals surface area contributed by atoms with Crippen LogP contribution >= 0.6 is 0 Å². The fourth-order valence-electron chi connectivity index (χ4n) is 3.86. The number of ether oxygens (including phenoxy) is 1. The highest BCUT2D eigenvalue weighted by molar-refractivity contribution is 6.08. The van der Waals surface area contributed by atoms with Crippen molar-refractivity contribution >= 4 is 28.1 Å². The molecule has 0 radical (unpaired) electrons. The third-order valence-corrected chi connectivity index (χ3v) is 5.47. The first-order chi connectivity index (χ1) is 16.8. The monoisotopic (exact) mass is 477 g/mol. The molecular formula is C25H18F3N5O2. The van der Waals surface area contributed by atoms with Crippen molar-refractivity contribution in [2.75, 3.05) is 5.32 Å². The van der Waals surface area contributed by atoms with Gasteiger partial charge < -0.3 is 10.1 Å². The number of benzene rings is 2. The number of rotatable bonds is 5. The van der Waals surface area contributed by atoms with E-state index in [1.165, 1.54) is 28.8 Å². The number of fused-ring (bicyclic) bond motifs is 2. The van der Waals surface area contributed by atoms with Crippen molar-refractivity contribution in [3.8, 4) is 5.88 Å². The van der Waals surface area contributed by atoms with Gasteiger partial charge in [0, 0.05) is 17.8 Å². The van der Waals surface area contributed by atoms with Gasteiger partial charge in [0.05, 0.1) is 22.6 Å². The molecule has 1 amide bonds. The van der Waals surface area contributed by atoms with Gasteiger partial charge in [0.25, 0.3) is 11.8 Å². The number of nitrogens with zero attached hydrogens (tertiary/aromatic N) is 4. The molecule has 0 saturated carbocycles. The largest absolute Gasteiger partial charge is 0.470 e. The highest BCUT2D eigenvalue weighted by Crippen LogP contribution is 2.26. The summed E-state index contributed by atoms with van der Waals surface area (Å²) >= 11 is 0. The van der Waals surface area contributed by atoms with Gasteiger partial charge in [-0.15, -0.1) is 0 Å². The van der Waals surface area contributed by atoms with Crippen LogP contribution in [0.5, 0.6) is 5.88 Å². The van der Waals surface area contributed by atoms with E-state index in [1.807, 2.05) is 0 Å². The van der Waals surface area contributed by atoms with Crippen molar-refractivity contribution in [2.24, 2.45) is 0 Å². The lowest BCUT2D eigenvalue weighted by molar-refractivity contribution is 0.102. The second-order valence-electron chi connectivity index (χ2n) is 7.86. The Morgan fingerprint density at radius 2 is 1.71 bits per heavy atom. The van der Waals surface area contributed by atoms with Crippen LogP contribution in [0.3, 0.4) is 0 Å². The number of para-hydroxylation sites is 1. The number of anilines is 1. The molecule has 1 N–H and O–H groups in total. The summed E-state index contributed by atoms with van der Waals surface area (Å²) in [4.78, 5) is 26.0. The van der Waals surface area contributed by atoms with Crippen molar-refractivity contribution in [1.29, 1.82) is 0 Å². The number of hydrogen-bond donors (Lipinski definition) is 1. The van der Waals surface area contributed by atoms with Gasteiger partial charge in [0.2, 0.25) is 5.65 Å². The van der Waals surface area contributed by atoms with Gasteiger partial charge in [-0.3, -0.25) is 14.2 Å². The number of imidazole rings is 1. The Hall–Kier alpha value is -4.47. The molecule has 0 unspecified atom stereocenters. The van der Waals surface area contributed by atoms with E-state index < -0.39 is 30.0 Å². The third kappa shape index (κ3) is 4.03. The number of amides is 1. The van der Waals surface area contributed by atoms with E-state index in [1.54, 1.807) is 32.2 Å². The fraction of sp³-hybridized carbons (Fsp3) is 0.120. The van der Waals surface area contributed by atoms with E-state index in [-0.39, 0.29) is 28.3 Å². The number of aryl methyl sites for hydroxylation is 2. The summed E-state index contributed by atoms with van der Waals surface area (Å²) in [5, 5.41) is 3.24. The Labute approximate surface area is 197 Å². The smallest absolute Gasteiger partial charge is 0.274 e. The van der Waals surface area contributed by atoms with Crippen molar-refractivity contribution in [1.82, 2.24) is 19.4 Å². The van der Waals surface area contributed by atoms with E-state index in [0.29, 0.717) is 22.5 Å². The first-order valence-electron chi connectivity index (χ1n) is 10.6. The Balaban J connectivity index is 1.51. The number of halogens is 3. The van der Waals surface area contributed by atoms with Gasteiger partial charge in [-0.1, -0.05) is 18.2 Å². The number of hydrogen-bond acceptors (Lipinski definition) is 5. The van der Waals surface area contributed by atoms with Crippen molar-refractivity contribution < 1.29 is 22.7 Å². The normalized spacial score (nSPS) is 11.2. The van der Waals surface area contributed by atoms with Gasteiger partial charge in [-0.25, -0.2) is 23.1 Å². The average Bonchev–Trinajstić information content (AvgIpc) is 3.15. The molecule has 176 valence electrons. The highest BCUT2D eigenvalue weighted by Gasteiger charge is 2.22. The molecule has 0 aliphatic rings. The van der Waals surface area contributed by atoms with E-state index in [4.69, 9.17) is 4.74 Å². The lowest BCUT2D eigenvalue weighted by Crippen LogP contribution is -2.16. The van der Waals surface area contributed by atoms with E-state index in [9.17, 15) is 18.0 Å². The van der Waals surface area contributed by atoms with Gasteiger partial charge >= 0.3 is 0 Å². The summed E-state index contributed by atoms with van der Waals surface area (Å²) in [6.45, 7) is 2.92. The average molecular weight is 477 g/mol. The maximum Gasteiger partial charge on any atom is 0.274 e. The van der Waals surface area contributed by atoms with Crippen LogP contribution in [0.1, 0.15) is 27.4 Å². The van der Waals surface area contributed by atoms with Gasteiger partial charge in [0.1, 0.15) is 35.3 Å². The van der Waals surface area contributed by atoms with Crippen LogP contribution in [-0.2, 0) is 6.61 Å². The molecule has 2 aromatic carbocycles. The minimum atomic E-state index is -0.741. The molecular weight excluding hydrogens is 459 g/mol. The predicted molar refractivity (Wildman–Crippen MR) is 123 cm³/mol. The highest BCUT2D eigenvalue weighted by atomic mass is 19.1. The van der Waals surface area contributed by atoms with Crippen LogP contribution in [0.25, 0.3) is 16.6 Å². The van der Waals surface area contributed by atoms with Crippen LogP contribution in [0, 0.1) is 31.3 Å². The Bertz CT molecular complexity index is 1600. The first-order valence-corrected chi connectivity index (χ1v) is 10.6. The van der Waals surface area contributed by atoms with Crippen molar-refractivity contribution in [2.45, 2.75) is 20.5 Å². The minimum Gasteiger partial charge on any atom is -0.470 e. The van der Waals surface area contributed by atoms with Gasteiger partial charge in [-0.2, -0.15) is 0 Å². The standard InChI is InChI=1S/C25H18F3N5O2/c1-13-11-33-22(24(34)32-20-9-10-29-21-15(20)5-3-8-19(21)28)14(2)31-23(33)25(30-13)35-12-16-17(26)6-4-7-18(16)27/h3-11H,12H2,1-2H3,(H,29,32,34). The van der Waals surface area contributed by atoms with Crippen LogP contribution in [0.15, 0.2) is 54.9 Å². The predicted octanol–water partition coefficient (Wildman–Crippen LogP) is 5.14. The van der Waals surface area contributed by atoms with Gasteiger partial charge in [0.15, 0.2) is 0 Å². The Kier molecular flexibility index (Phi) is 5.56. The lowest BCUT2D eigenvalue weighted by Gasteiger charge is -2.11. The summed E-state index contributed by atoms with van der Waals surface area (Å²) in [6, 6.07) is 9.59. The number of pyridine rings is 1. The molecule has 10 heteroatoms. The molecule has 3 heterocycles.